The fourth-order valence-electron chi connectivity index (χ4n) is 3.47. The largest absolute Gasteiger partial charge is 0.354 e. The van der Waals surface area contributed by atoms with Crippen molar-refractivity contribution in [2.24, 2.45) is 5.92 Å². The van der Waals surface area contributed by atoms with Crippen LogP contribution < -0.4 is 9.62 Å². The first-order valence-electron chi connectivity index (χ1n) is 11.3. The summed E-state index contributed by atoms with van der Waals surface area (Å²) in [6, 6.07) is 13.3. The van der Waals surface area contributed by atoms with Crippen LogP contribution in [0.25, 0.3) is 0 Å². The van der Waals surface area contributed by atoms with Crippen molar-refractivity contribution < 1.29 is 18.0 Å². The molecule has 186 valence electrons. The van der Waals surface area contributed by atoms with Gasteiger partial charge in [-0.2, -0.15) is 0 Å². The van der Waals surface area contributed by atoms with Gasteiger partial charge in [-0.15, -0.1) is 0 Å². The monoisotopic (exact) mass is 507 g/mol. The SMILES string of the molecule is CCc1ccccc1N(CC(=O)N(Cc1ccc(Cl)cc1)C(C)C(=O)NCC(C)C)S(C)(=O)=O. The van der Waals surface area contributed by atoms with E-state index in [2.05, 4.69) is 5.32 Å². The highest BCUT2D eigenvalue weighted by Crippen LogP contribution is 2.24. The third kappa shape index (κ3) is 7.74. The third-order valence-corrected chi connectivity index (χ3v) is 6.82. The van der Waals surface area contributed by atoms with Gasteiger partial charge in [0.25, 0.3) is 0 Å². The predicted octanol–water partition coefficient (Wildman–Crippen LogP) is 3.86. The molecular weight excluding hydrogens is 474 g/mol. The van der Waals surface area contributed by atoms with Gasteiger partial charge in [0.15, 0.2) is 0 Å². The summed E-state index contributed by atoms with van der Waals surface area (Å²) in [5.41, 5.74) is 2.05. The molecule has 0 fully saturated rings. The minimum Gasteiger partial charge on any atom is -0.354 e. The number of sulfonamides is 1. The van der Waals surface area contributed by atoms with E-state index in [9.17, 15) is 18.0 Å². The molecule has 0 aliphatic carbocycles. The van der Waals surface area contributed by atoms with Crippen molar-refractivity contribution in [2.45, 2.75) is 46.7 Å². The lowest BCUT2D eigenvalue weighted by Gasteiger charge is -2.32. The molecule has 0 aliphatic rings. The average Bonchev–Trinajstić information content (AvgIpc) is 2.79. The second kappa shape index (κ2) is 12.2. The van der Waals surface area contributed by atoms with Gasteiger partial charge in [0.05, 0.1) is 11.9 Å². The number of halogens is 1. The maximum absolute atomic E-state index is 13.5. The van der Waals surface area contributed by atoms with E-state index in [1.165, 1.54) is 4.90 Å². The Balaban J connectivity index is 2.39. The normalized spacial score (nSPS) is 12.3. The molecule has 0 aliphatic heterocycles. The van der Waals surface area contributed by atoms with Crippen molar-refractivity contribution in [1.29, 1.82) is 0 Å². The van der Waals surface area contributed by atoms with Crippen molar-refractivity contribution in [2.75, 3.05) is 23.7 Å². The van der Waals surface area contributed by atoms with Crippen molar-refractivity contribution in [3.63, 3.8) is 0 Å². The van der Waals surface area contributed by atoms with Gasteiger partial charge in [-0.25, -0.2) is 8.42 Å². The van der Waals surface area contributed by atoms with Gasteiger partial charge in [-0.1, -0.05) is 62.7 Å². The summed E-state index contributed by atoms with van der Waals surface area (Å²) in [7, 11) is -3.76. The molecule has 0 saturated heterocycles. The molecular formula is C25H34ClN3O4S. The number of carbonyl (C=O) groups is 2. The summed E-state index contributed by atoms with van der Waals surface area (Å²) in [5.74, 6) is -0.516. The van der Waals surface area contributed by atoms with E-state index in [1.54, 1.807) is 43.3 Å². The average molecular weight is 508 g/mol. The summed E-state index contributed by atoms with van der Waals surface area (Å²) in [6.45, 7) is 7.74. The summed E-state index contributed by atoms with van der Waals surface area (Å²) in [5, 5.41) is 3.42. The molecule has 1 atom stereocenters. The van der Waals surface area contributed by atoms with E-state index in [0.29, 0.717) is 23.7 Å². The van der Waals surface area contributed by atoms with Gasteiger partial charge in [-0.3, -0.25) is 13.9 Å². The Morgan fingerprint density at radius 3 is 2.21 bits per heavy atom. The summed E-state index contributed by atoms with van der Waals surface area (Å²) in [4.78, 5) is 27.8. The number of nitrogens with zero attached hydrogens (tertiary/aromatic N) is 2. The molecule has 9 heteroatoms. The van der Waals surface area contributed by atoms with Gasteiger partial charge in [-0.05, 0) is 48.6 Å². The Bertz CT molecular complexity index is 1090. The zero-order chi connectivity index (χ0) is 25.5. The van der Waals surface area contributed by atoms with Gasteiger partial charge >= 0.3 is 0 Å². The molecule has 0 heterocycles. The van der Waals surface area contributed by atoms with E-state index >= 15 is 0 Å². The van der Waals surface area contributed by atoms with Gasteiger partial charge in [0.2, 0.25) is 21.8 Å². The summed E-state index contributed by atoms with van der Waals surface area (Å²) >= 11 is 5.99. The van der Waals surface area contributed by atoms with Crippen molar-refractivity contribution >= 4 is 39.1 Å². The van der Waals surface area contributed by atoms with Gasteiger partial charge < -0.3 is 10.2 Å². The standard InChI is InChI=1S/C25H34ClN3O4S/c1-6-21-9-7-8-10-23(21)29(34(5,32)33)17-24(30)28(16-20-11-13-22(26)14-12-20)19(4)25(31)27-15-18(2)3/h7-14,18-19H,6,15-17H2,1-5H3,(H,27,31). The molecule has 1 N–H and O–H groups in total. The van der Waals surface area contributed by atoms with Crippen molar-refractivity contribution in [3.8, 4) is 0 Å². The fraction of sp³-hybridized carbons (Fsp3) is 0.440. The highest BCUT2D eigenvalue weighted by atomic mass is 35.5. The zero-order valence-corrected chi connectivity index (χ0v) is 22.0. The van der Waals surface area contributed by atoms with Crippen LogP contribution in [0, 0.1) is 5.92 Å². The number of hydrogen-bond acceptors (Lipinski definition) is 4. The Labute approximate surface area is 208 Å². The quantitative estimate of drug-likeness (QED) is 0.500. The second-order valence-corrected chi connectivity index (χ2v) is 11.1. The van der Waals surface area contributed by atoms with E-state index < -0.39 is 28.5 Å². The Morgan fingerprint density at radius 2 is 1.65 bits per heavy atom. The maximum Gasteiger partial charge on any atom is 0.244 e. The molecule has 0 saturated carbocycles. The number of amides is 2. The number of aryl methyl sites for hydroxylation is 1. The summed E-state index contributed by atoms with van der Waals surface area (Å²) in [6.07, 6.45) is 1.69. The molecule has 34 heavy (non-hydrogen) atoms. The molecule has 2 aromatic carbocycles. The van der Waals surface area contributed by atoms with Crippen LogP contribution in [0.2, 0.25) is 5.02 Å². The number of nitrogens with one attached hydrogen (secondary N) is 1. The number of benzene rings is 2. The summed E-state index contributed by atoms with van der Waals surface area (Å²) < 4.78 is 26.5. The lowest BCUT2D eigenvalue weighted by Crippen LogP contribution is -2.51. The minimum absolute atomic E-state index is 0.138. The molecule has 2 rings (SSSR count). The van der Waals surface area contributed by atoms with E-state index in [1.807, 2.05) is 32.9 Å². The second-order valence-electron chi connectivity index (χ2n) is 8.71. The van der Waals surface area contributed by atoms with Crippen LogP contribution in [0.1, 0.15) is 38.8 Å². The van der Waals surface area contributed by atoms with Crippen molar-refractivity contribution in [1.82, 2.24) is 10.2 Å². The Morgan fingerprint density at radius 1 is 1.03 bits per heavy atom. The molecule has 0 aromatic heterocycles. The fourth-order valence-corrected chi connectivity index (χ4v) is 4.48. The van der Waals surface area contributed by atoms with Crippen molar-refractivity contribution in [3.05, 3.63) is 64.7 Å². The van der Waals surface area contributed by atoms with Gasteiger partial charge in [0, 0.05) is 18.1 Å². The molecule has 2 amide bonds. The van der Waals surface area contributed by atoms with E-state index in [4.69, 9.17) is 11.6 Å². The van der Waals surface area contributed by atoms with Gasteiger partial charge in [0.1, 0.15) is 12.6 Å². The van der Waals surface area contributed by atoms with Crippen LogP contribution in [0.3, 0.4) is 0 Å². The molecule has 0 bridgehead atoms. The first-order valence-corrected chi connectivity index (χ1v) is 13.5. The lowest BCUT2D eigenvalue weighted by molar-refractivity contribution is -0.139. The number of hydrogen-bond donors (Lipinski definition) is 1. The predicted molar refractivity (Wildman–Crippen MR) is 137 cm³/mol. The Hall–Kier alpha value is -2.58. The smallest absolute Gasteiger partial charge is 0.244 e. The number of anilines is 1. The van der Waals surface area contributed by atoms with Crippen LogP contribution in [-0.4, -0.2) is 50.5 Å². The van der Waals surface area contributed by atoms with E-state index in [0.717, 1.165) is 21.7 Å². The number of rotatable bonds is 11. The molecule has 0 radical (unpaired) electrons. The molecule has 1 unspecified atom stereocenters. The molecule has 7 nitrogen and oxygen atoms in total. The van der Waals surface area contributed by atoms with Crippen LogP contribution in [-0.2, 0) is 32.6 Å². The zero-order valence-electron chi connectivity index (χ0n) is 20.4. The minimum atomic E-state index is -3.76. The first-order chi connectivity index (χ1) is 15.9. The van der Waals surface area contributed by atoms with Crippen LogP contribution in [0.5, 0.6) is 0 Å². The van der Waals surface area contributed by atoms with Crippen LogP contribution >= 0.6 is 11.6 Å². The topological polar surface area (TPSA) is 86.8 Å². The molecule has 2 aromatic rings. The third-order valence-electron chi connectivity index (χ3n) is 5.44. The number of carbonyl (C=O) groups excluding carboxylic acids is 2. The highest BCUT2D eigenvalue weighted by Gasteiger charge is 2.30. The lowest BCUT2D eigenvalue weighted by atomic mass is 10.1. The van der Waals surface area contributed by atoms with E-state index in [-0.39, 0.29) is 18.4 Å². The van der Waals surface area contributed by atoms with Crippen LogP contribution in [0.15, 0.2) is 48.5 Å². The Kier molecular flexibility index (Phi) is 9.94. The maximum atomic E-state index is 13.5. The van der Waals surface area contributed by atoms with Crippen LogP contribution in [0.4, 0.5) is 5.69 Å². The highest BCUT2D eigenvalue weighted by molar-refractivity contribution is 7.92. The molecule has 0 spiro atoms. The first kappa shape index (κ1) is 27.7. The number of para-hydroxylation sites is 1.